The topological polar surface area (TPSA) is 42.7 Å². The van der Waals surface area contributed by atoms with Gasteiger partial charge in [0.05, 0.1) is 17.6 Å². The highest BCUT2D eigenvalue weighted by molar-refractivity contribution is 9.10. The number of hydrogen-bond donors (Lipinski definition) is 1. The third kappa shape index (κ3) is 3.17. The normalized spacial score (nSPS) is 10.8. The molecular weight excluding hydrogens is 292 g/mol. The van der Waals surface area contributed by atoms with Crippen molar-refractivity contribution in [3.05, 3.63) is 40.1 Å². The molecule has 4 nitrogen and oxygen atoms in total. The minimum atomic E-state index is 0.767. The van der Waals surface area contributed by atoms with E-state index in [-0.39, 0.29) is 0 Å². The molecule has 0 aliphatic rings. The molecule has 96 valence electrons. The number of halogens is 1. The van der Waals surface area contributed by atoms with E-state index in [1.54, 1.807) is 0 Å². The van der Waals surface area contributed by atoms with E-state index in [0.717, 1.165) is 35.4 Å². The Morgan fingerprint density at radius 1 is 1.39 bits per heavy atom. The predicted octanol–water partition coefficient (Wildman–Crippen LogP) is 2.84. The smallest absolute Gasteiger partial charge is 0.0969 e. The van der Waals surface area contributed by atoms with Crippen LogP contribution in [0.2, 0.25) is 0 Å². The molecule has 0 spiro atoms. The maximum absolute atomic E-state index is 4.17. The van der Waals surface area contributed by atoms with E-state index in [2.05, 4.69) is 51.5 Å². The molecule has 2 aromatic rings. The fourth-order valence-electron chi connectivity index (χ4n) is 1.77. The fourth-order valence-corrected chi connectivity index (χ4v) is 2.24. The second-order valence-electron chi connectivity index (χ2n) is 4.26. The molecule has 2 rings (SSSR count). The summed E-state index contributed by atoms with van der Waals surface area (Å²) in [6.07, 6.45) is 3.10. The van der Waals surface area contributed by atoms with Crippen molar-refractivity contribution in [1.82, 2.24) is 20.3 Å². The van der Waals surface area contributed by atoms with Crippen LogP contribution in [0.4, 0.5) is 0 Å². The van der Waals surface area contributed by atoms with Crippen LogP contribution in [-0.2, 0) is 6.54 Å². The SMILES string of the molecule is CCCNCc1cn(-c2ccc(Br)cc2C)nn1. The van der Waals surface area contributed by atoms with Crippen LogP contribution in [0.5, 0.6) is 0 Å². The van der Waals surface area contributed by atoms with Gasteiger partial charge in [0.1, 0.15) is 0 Å². The molecule has 1 N–H and O–H groups in total. The van der Waals surface area contributed by atoms with E-state index < -0.39 is 0 Å². The van der Waals surface area contributed by atoms with Crippen LogP contribution in [0, 0.1) is 6.92 Å². The van der Waals surface area contributed by atoms with Crippen LogP contribution in [0.15, 0.2) is 28.9 Å². The molecule has 5 heteroatoms. The Hall–Kier alpha value is -1.20. The third-order valence-corrected chi connectivity index (χ3v) is 3.17. The first-order chi connectivity index (χ1) is 8.70. The van der Waals surface area contributed by atoms with Gasteiger partial charge in [-0.1, -0.05) is 28.1 Å². The van der Waals surface area contributed by atoms with E-state index in [1.165, 1.54) is 5.56 Å². The van der Waals surface area contributed by atoms with E-state index in [0.29, 0.717) is 0 Å². The number of nitrogens with one attached hydrogen (secondary N) is 1. The Morgan fingerprint density at radius 3 is 2.94 bits per heavy atom. The minimum Gasteiger partial charge on any atom is -0.311 e. The van der Waals surface area contributed by atoms with Crippen LogP contribution in [0.3, 0.4) is 0 Å². The van der Waals surface area contributed by atoms with Crippen molar-refractivity contribution in [2.45, 2.75) is 26.8 Å². The van der Waals surface area contributed by atoms with Crippen molar-refractivity contribution < 1.29 is 0 Å². The number of benzene rings is 1. The second-order valence-corrected chi connectivity index (χ2v) is 5.18. The first-order valence-electron chi connectivity index (χ1n) is 6.09. The van der Waals surface area contributed by atoms with Crippen molar-refractivity contribution >= 4 is 15.9 Å². The van der Waals surface area contributed by atoms with Gasteiger partial charge in [-0.2, -0.15) is 0 Å². The molecule has 0 aliphatic carbocycles. The second kappa shape index (κ2) is 6.11. The number of aryl methyl sites for hydroxylation is 1. The fraction of sp³-hybridized carbons (Fsp3) is 0.385. The van der Waals surface area contributed by atoms with Gasteiger partial charge in [0.15, 0.2) is 0 Å². The number of rotatable bonds is 5. The lowest BCUT2D eigenvalue weighted by molar-refractivity contribution is 0.662. The minimum absolute atomic E-state index is 0.767. The maximum atomic E-state index is 4.17. The zero-order chi connectivity index (χ0) is 13.0. The predicted molar refractivity (Wildman–Crippen MR) is 75.8 cm³/mol. The number of aromatic nitrogens is 3. The van der Waals surface area contributed by atoms with E-state index in [4.69, 9.17) is 0 Å². The van der Waals surface area contributed by atoms with Gasteiger partial charge in [-0.25, -0.2) is 4.68 Å². The summed E-state index contributed by atoms with van der Waals surface area (Å²) in [6.45, 7) is 5.99. The molecule has 0 amide bonds. The maximum Gasteiger partial charge on any atom is 0.0969 e. The lowest BCUT2D eigenvalue weighted by atomic mass is 10.2. The summed E-state index contributed by atoms with van der Waals surface area (Å²) in [5.41, 5.74) is 3.19. The van der Waals surface area contributed by atoms with Gasteiger partial charge < -0.3 is 5.32 Å². The molecule has 1 aromatic heterocycles. The van der Waals surface area contributed by atoms with Crippen molar-refractivity contribution in [3.63, 3.8) is 0 Å². The summed E-state index contributed by atoms with van der Waals surface area (Å²) in [5, 5.41) is 11.7. The van der Waals surface area contributed by atoms with Crippen molar-refractivity contribution in [1.29, 1.82) is 0 Å². The Balaban J connectivity index is 2.13. The van der Waals surface area contributed by atoms with Crippen molar-refractivity contribution in [3.8, 4) is 5.69 Å². The van der Waals surface area contributed by atoms with Gasteiger partial charge >= 0.3 is 0 Å². The molecule has 1 aromatic carbocycles. The Labute approximate surface area is 116 Å². The molecule has 18 heavy (non-hydrogen) atoms. The van der Waals surface area contributed by atoms with Gasteiger partial charge in [-0.3, -0.25) is 0 Å². The van der Waals surface area contributed by atoms with E-state index in [9.17, 15) is 0 Å². The molecule has 0 fully saturated rings. The largest absolute Gasteiger partial charge is 0.311 e. The third-order valence-electron chi connectivity index (χ3n) is 2.68. The van der Waals surface area contributed by atoms with Gasteiger partial charge in [0.25, 0.3) is 0 Å². The molecule has 0 unspecified atom stereocenters. The zero-order valence-electron chi connectivity index (χ0n) is 10.7. The van der Waals surface area contributed by atoms with Gasteiger partial charge in [-0.15, -0.1) is 5.10 Å². The van der Waals surface area contributed by atoms with Crippen LogP contribution in [-0.4, -0.2) is 21.5 Å². The molecular formula is C13H17BrN4. The van der Waals surface area contributed by atoms with Gasteiger partial charge in [-0.05, 0) is 43.7 Å². The monoisotopic (exact) mass is 308 g/mol. The molecule has 0 saturated carbocycles. The summed E-state index contributed by atoms with van der Waals surface area (Å²) >= 11 is 3.46. The summed E-state index contributed by atoms with van der Waals surface area (Å²) in [5.74, 6) is 0. The first kappa shape index (κ1) is 13.2. The molecule has 0 bridgehead atoms. The van der Waals surface area contributed by atoms with Crippen LogP contribution >= 0.6 is 15.9 Å². The summed E-state index contributed by atoms with van der Waals surface area (Å²) < 4.78 is 2.90. The average Bonchev–Trinajstić information content (AvgIpc) is 2.78. The Bertz CT molecular complexity index is 521. The van der Waals surface area contributed by atoms with Crippen molar-refractivity contribution in [2.24, 2.45) is 0 Å². The van der Waals surface area contributed by atoms with E-state index in [1.807, 2.05) is 23.0 Å². The zero-order valence-corrected chi connectivity index (χ0v) is 12.2. The summed E-state index contributed by atoms with van der Waals surface area (Å²) in [7, 11) is 0. The van der Waals surface area contributed by atoms with Gasteiger partial charge in [0, 0.05) is 11.0 Å². The lowest BCUT2D eigenvalue weighted by Crippen LogP contribution is -2.13. The first-order valence-corrected chi connectivity index (χ1v) is 6.88. The van der Waals surface area contributed by atoms with E-state index >= 15 is 0 Å². The molecule has 0 atom stereocenters. The molecule has 0 radical (unpaired) electrons. The number of hydrogen-bond acceptors (Lipinski definition) is 3. The molecule has 1 heterocycles. The molecule has 0 aliphatic heterocycles. The Kier molecular flexibility index (Phi) is 4.49. The average molecular weight is 309 g/mol. The van der Waals surface area contributed by atoms with Crippen LogP contribution in [0.25, 0.3) is 5.69 Å². The highest BCUT2D eigenvalue weighted by Gasteiger charge is 2.05. The summed E-state index contributed by atoms with van der Waals surface area (Å²) in [4.78, 5) is 0. The van der Waals surface area contributed by atoms with Crippen LogP contribution in [0.1, 0.15) is 24.6 Å². The highest BCUT2D eigenvalue weighted by atomic mass is 79.9. The Morgan fingerprint density at radius 2 is 2.22 bits per heavy atom. The number of nitrogens with zero attached hydrogens (tertiary/aromatic N) is 3. The summed E-state index contributed by atoms with van der Waals surface area (Å²) in [6, 6.07) is 6.13. The standard InChI is InChI=1S/C13H17BrN4/c1-3-6-15-8-12-9-18(17-16-12)13-5-4-11(14)7-10(13)2/h4-5,7,9,15H,3,6,8H2,1-2H3. The van der Waals surface area contributed by atoms with Crippen molar-refractivity contribution in [2.75, 3.05) is 6.54 Å². The van der Waals surface area contributed by atoms with Crippen LogP contribution < -0.4 is 5.32 Å². The highest BCUT2D eigenvalue weighted by Crippen LogP contribution is 2.18. The quantitative estimate of drug-likeness (QED) is 0.864. The lowest BCUT2D eigenvalue weighted by Gasteiger charge is -2.04. The molecule has 0 saturated heterocycles. The van der Waals surface area contributed by atoms with Gasteiger partial charge in [0.2, 0.25) is 0 Å².